The van der Waals surface area contributed by atoms with Gasteiger partial charge in [0, 0.05) is 10.0 Å². The number of nitrogens with zero attached hydrogens (tertiary/aromatic N) is 1. The van der Waals surface area contributed by atoms with Crippen LogP contribution < -0.4 is 0 Å². The van der Waals surface area contributed by atoms with Crippen LogP contribution in [0.3, 0.4) is 0 Å². The highest BCUT2D eigenvalue weighted by atomic mass is 79.9. The summed E-state index contributed by atoms with van der Waals surface area (Å²) < 4.78 is 2.29. The van der Waals surface area contributed by atoms with Crippen molar-refractivity contribution in [3.63, 3.8) is 0 Å². The Morgan fingerprint density at radius 1 is 0.792 bits per heavy atom. The van der Waals surface area contributed by atoms with Crippen LogP contribution in [0.15, 0.2) is 77.3 Å². The fraction of sp³-hybridized carbons (Fsp3) is 0. The summed E-state index contributed by atoms with van der Waals surface area (Å²) in [4.78, 5) is 4.77. The number of hydrogen-bond donors (Lipinski definition) is 0. The molecule has 1 heterocycles. The van der Waals surface area contributed by atoms with Crippen LogP contribution in [0.2, 0.25) is 0 Å². The van der Waals surface area contributed by atoms with Crippen molar-refractivity contribution in [1.29, 1.82) is 0 Å². The maximum atomic E-state index is 4.77. The Labute approximate surface area is 153 Å². The Hall–Kier alpha value is -2.23. The average molecular weight is 392 g/mol. The van der Waals surface area contributed by atoms with Crippen molar-refractivity contribution < 1.29 is 0 Å². The van der Waals surface area contributed by atoms with Gasteiger partial charge in [-0.25, -0.2) is 4.98 Å². The van der Waals surface area contributed by atoms with E-state index in [1.807, 2.05) is 24.3 Å². The number of benzene rings is 3. The fourth-order valence-corrected chi connectivity index (χ4v) is 4.29. The van der Waals surface area contributed by atoms with E-state index in [1.54, 1.807) is 11.3 Å². The van der Waals surface area contributed by atoms with E-state index in [2.05, 4.69) is 76.6 Å². The zero-order chi connectivity index (χ0) is 16.4. The second kappa shape index (κ2) is 6.71. The molecule has 0 spiro atoms. The molecule has 3 heteroatoms. The molecule has 24 heavy (non-hydrogen) atoms. The van der Waals surface area contributed by atoms with E-state index in [1.165, 1.54) is 10.3 Å². The minimum absolute atomic E-state index is 1.04. The third-order valence-electron chi connectivity index (χ3n) is 3.81. The van der Waals surface area contributed by atoms with E-state index >= 15 is 0 Å². The smallest absolute Gasteiger partial charge is 0.125 e. The summed E-state index contributed by atoms with van der Waals surface area (Å²) in [6, 6.07) is 24.9. The van der Waals surface area contributed by atoms with Gasteiger partial charge in [-0.2, -0.15) is 0 Å². The first kappa shape index (κ1) is 15.3. The summed E-state index contributed by atoms with van der Waals surface area (Å²) in [6.45, 7) is 0. The lowest BCUT2D eigenvalue weighted by molar-refractivity contribution is 1.46. The average Bonchev–Trinajstić information content (AvgIpc) is 3.05. The van der Waals surface area contributed by atoms with Gasteiger partial charge in [0.25, 0.3) is 0 Å². The molecule has 0 atom stereocenters. The Bertz CT molecular complexity index is 985. The molecule has 0 saturated heterocycles. The fourth-order valence-electron chi connectivity index (χ4n) is 2.58. The molecule has 0 bridgehead atoms. The van der Waals surface area contributed by atoms with Crippen LogP contribution >= 0.6 is 27.3 Å². The second-order valence-corrected chi connectivity index (χ2v) is 7.26. The first-order valence-corrected chi connectivity index (χ1v) is 9.30. The molecule has 0 fully saturated rings. The number of fused-ring (bicyclic) bond motifs is 1. The van der Waals surface area contributed by atoms with Gasteiger partial charge in [0.2, 0.25) is 0 Å². The Kier molecular flexibility index (Phi) is 4.28. The third-order valence-corrected chi connectivity index (χ3v) is 5.76. The largest absolute Gasteiger partial charge is 0.236 e. The van der Waals surface area contributed by atoms with E-state index < -0.39 is 0 Å². The quantitative estimate of drug-likeness (QED) is 0.346. The Morgan fingerprint density at radius 3 is 2.42 bits per heavy atom. The Balaban J connectivity index is 1.74. The molecule has 0 radical (unpaired) electrons. The van der Waals surface area contributed by atoms with Crippen molar-refractivity contribution in [2.45, 2.75) is 0 Å². The molecule has 0 amide bonds. The molecule has 3 aromatic carbocycles. The first-order valence-electron chi connectivity index (χ1n) is 7.69. The number of thiazole rings is 1. The minimum atomic E-state index is 1.04. The highest BCUT2D eigenvalue weighted by molar-refractivity contribution is 9.10. The van der Waals surface area contributed by atoms with Crippen LogP contribution in [0.25, 0.3) is 32.9 Å². The minimum Gasteiger partial charge on any atom is -0.236 e. The van der Waals surface area contributed by atoms with E-state index in [9.17, 15) is 0 Å². The van der Waals surface area contributed by atoms with Gasteiger partial charge in [0.1, 0.15) is 5.01 Å². The molecule has 0 saturated carbocycles. The van der Waals surface area contributed by atoms with E-state index in [4.69, 9.17) is 4.98 Å². The normalized spacial score (nSPS) is 11.4. The summed E-state index contributed by atoms with van der Waals surface area (Å²) in [7, 11) is 0. The van der Waals surface area contributed by atoms with Crippen LogP contribution in [0.5, 0.6) is 0 Å². The molecule has 0 aliphatic heterocycles. The highest BCUT2D eigenvalue weighted by Crippen LogP contribution is 2.36. The van der Waals surface area contributed by atoms with Crippen molar-refractivity contribution in [3.8, 4) is 10.6 Å². The summed E-state index contributed by atoms with van der Waals surface area (Å²) in [5.74, 6) is 0. The van der Waals surface area contributed by atoms with Gasteiger partial charge in [-0.05, 0) is 39.2 Å². The van der Waals surface area contributed by atoms with Crippen LogP contribution in [-0.2, 0) is 0 Å². The zero-order valence-corrected chi connectivity index (χ0v) is 15.2. The zero-order valence-electron chi connectivity index (χ0n) is 12.8. The lowest BCUT2D eigenvalue weighted by Crippen LogP contribution is -1.82. The molecular formula is C21H14BrNS. The molecular weight excluding hydrogens is 378 g/mol. The molecule has 116 valence electrons. The van der Waals surface area contributed by atoms with Crippen LogP contribution in [-0.4, -0.2) is 4.98 Å². The standard InChI is InChI=1S/C21H14BrNS/c22-20-16(14-13-15-7-2-1-3-8-15)9-6-10-17(20)21-23-18-11-4-5-12-19(18)24-21/h1-14H. The topological polar surface area (TPSA) is 12.9 Å². The second-order valence-electron chi connectivity index (χ2n) is 5.44. The molecule has 4 aromatic rings. The van der Waals surface area contributed by atoms with Crippen LogP contribution in [0, 0.1) is 0 Å². The monoisotopic (exact) mass is 391 g/mol. The number of halogens is 1. The first-order chi connectivity index (χ1) is 11.8. The van der Waals surface area contributed by atoms with Gasteiger partial charge in [0.05, 0.1) is 10.2 Å². The van der Waals surface area contributed by atoms with Gasteiger partial charge < -0.3 is 0 Å². The van der Waals surface area contributed by atoms with E-state index in [-0.39, 0.29) is 0 Å². The predicted octanol–water partition coefficient (Wildman–Crippen LogP) is 6.90. The van der Waals surface area contributed by atoms with Crippen molar-refractivity contribution >= 4 is 49.6 Å². The van der Waals surface area contributed by atoms with E-state index in [0.717, 1.165) is 26.1 Å². The van der Waals surface area contributed by atoms with Gasteiger partial charge in [-0.3, -0.25) is 0 Å². The highest BCUT2D eigenvalue weighted by Gasteiger charge is 2.10. The molecule has 0 aliphatic rings. The van der Waals surface area contributed by atoms with Crippen LogP contribution in [0.1, 0.15) is 11.1 Å². The number of para-hydroxylation sites is 1. The van der Waals surface area contributed by atoms with Gasteiger partial charge >= 0.3 is 0 Å². The molecule has 0 N–H and O–H groups in total. The van der Waals surface area contributed by atoms with Crippen LogP contribution in [0.4, 0.5) is 0 Å². The molecule has 0 aliphatic carbocycles. The summed E-state index contributed by atoms with van der Waals surface area (Å²) in [5, 5.41) is 1.04. The maximum absolute atomic E-state index is 4.77. The number of rotatable bonds is 3. The van der Waals surface area contributed by atoms with Crippen molar-refractivity contribution in [3.05, 3.63) is 88.4 Å². The number of aromatic nitrogens is 1. The van der Waals surface area contributed by atoms with Crippen molar-refractivity contribution in [2.24, 2.45) is 0 Å². The maximum Gasteiger partial charge on any atom is 0.125 e. The summed E-state index contributed by atoms with van der Waals surface area (Å²) in [6.07, 6.45) is 4.26. The van der Waals surface area contributed by atoms with Gasteiger partial charge in [-0.1, -0.05) is 72.8 Å². The SMILES string of the molecule is Brc1c(C=Cc2ccccc2)cccc1-c1nc2ccccc2s1. The lowest BCUT2D eigenvalue weighted by Gasteiger charge is -2.04. The van der Waals surface area contributed by atoms with Crippen molar-refractivity contribution in [2.75, 3.05) is 0 Å². The van der Waals surface area contributed by atoms with Gasteiger partial charge in [0.15, 0.2) is 0 Å². The summed E-state index contributed by atoms with van der Waals surface area (Å²) >= 11 is 5.49. The summed E-state index contributed by atoms with van der Waals surface area (Å²) in [5.41, 5.74) is 4.52. The lowest BCUT2D eigenvalue weighted by atomic mass is 10.1. The van der Waals surface area contributed by atoms with E-state index in [0.29, 0.717) is 0 Å². The molecule has 1 nitrogen and oxygen atoms in total. The molecule has 4 rings (SSSR count). The molecule has 0 unspecified atom stereocenters. The van der Waals surface area contributed by atoms with Gasteiger partial charge in [-0.15, -0.1) is 11.3 Å². The molecule has 1 aromatic heterocycles. The third kappa shape index (κ3) is 3.05. The van der Waals surface area contributed by atoms with Crippen molar-refractivity contribution in [1.82, 2.24) is 4.98 Å². The number of hydrogen-bond acceptors (Lipinski definition) is 2. The predicted molar refractivity (Wildman–Crippen MR) is 108 cm³/mol. The Morgan fingerprint density at radius 2 is 1.58 bits per heavy atom.